The van der Waals surface area contributed by atoms with Crippen LogP contribution in [-0.2, 0) is 10.7 Å². The van der Waals surface area contributed by atoms with E-state index in [0.717, 1.165) is 24.6 Å². The number of alkyl halides is 1. The van der Waals surface area contributed by atoms with Crippen LogP contribution in [0.5, 0.6) is 5.75 Å². The summed E-state index contributed by atoms with van der Waals surface area (Å²) in [6, 6.07) is 6.37. The van der Waals surface area contributed by atoms with Crippen LogP contribution >= 0.6 is 11.6 Å². The first-order chi connectivity index (χ1) is 11.1. The summed E-state index contributed by atoms with van der Waals surface area (Å²) in [4.78, 5) is 23.3. The molecule has 0 atom stereocenters. The Hall–Kier alpha value is -1.81. The molecule has 5 heteroatoms. The summed E-state index contributed by atoms with van der Waals surface area (Å²) in [7, 11) is 0. The van der Waals surface area contributed by atoms with Crippen molar-refractivity contribution in [2.45, 2.75) is 51.3 Å². The average molecular weight is 337 g/mol. The van der Waals surface area contributed by atoms with Crippen molar-refractivity contribution in [2.75, 3.05) is 0 Å². The van der Waals surface area contributed by atoms with E-state index in [1.807, 2.05) is 0 Å². The first-order valence-corrected chi connectivity index (χ1v) is 8.51. The van der Waals surface area contributed by atoms with Crippen molar-refractivity contribution < 1.29 is 13.9 Å². The Morgan fingerprint density at radius 2 is 1.96 bits per heavy atom. The molecule has 0 spiro atoms. The lowest BCUT2D eigenvalue weighted by molar-refractivity contribution is -0.134. The smallest absolute Gasteiger partial charge is 0.336 e. The van der Waals surface area contributed by atoms with E-state index in [1.165, 1.54) is 18.9 Å². The zero-order valence-electron chi connectivity index (χ0n) is 13.3. The van der Waals surface area contributed by atoms with Crippen molar-refractivity contribution in [1.29, 1.82) is 0 Å². The van der Waals surface area contributed by atoms with Gasteiger partial charge in [-0.05, 0) is 24.1 Å². The maximum absolute atomic E-state index is 11.8. The van der Waals surface area contributed by atoms with Crippen LogP contribution in [0.4, 0.5) is 0 Å². The van der Waals surface area contributed by atoms with Crippen molar-refractivity contribution >= 4 is 28.5 Å². The molecular formula is C18H21ClO4. The molecule has 0 aliphatic rings. The normalized spacial score (nSPS) is 10.9. The Bertz CT molecular complexity index is 721. The van der Waals surface area contributed by atoms with Gasteiger partial charge in [0.05, 0.1) is 0 Å². The molecule has 1 heterocycles. The predicted molar refractivity (Wildman–Crippen MR) is 91.1 cm³/mol. The molecule has 2 rings (SSSR count). The third-order valence-electron chi connectivity index (χ3n) is 3.66. The highest BCUT2D eigenvalue weighted by molar-refractivity contribution is 6.17. The van der Waals surface area contributed by atoms with Gasteiger partial charge in [-0.25, -0.2) is 4.79 Å². The van der Waals surface area contributed by atoms with E-state index < -0.39 is 5.63 Å². The second-order valence-electron chi connectivity index (χ2n) is 5.52. The number of benzene rings is 1. The molecule has 23 heavy (non-hydrogen) atoms. The van der Waals surface area contributed by atoms with Gasteiger partial charge in [0.2, 0.25) is 0 Å². The molecule has 4 nitrogen and oxygen atoms in total. The lowest BCUT2D eigenvalue weighted by Gasteiger charge is -2.06. The number of carbonyl (C=O) groups is 1. The first-order valence-electron chi connectivity index (χ1n) is 7.97. The van der Waals surface area contributed by atoms with Gasteiger partial charge in [0.1, 0.15) is 11.3 Å². The molecule has 0 saturated heterocycles. The van der Waals surface area contributed by atoms with Gasteiger partial charge in [-0.3, -0.25) is 4.79 Å². The highest BCUT2D eigenvalue weighted by Crippen LogP contribution is 2.24. The van der Waals surface area contributed by atoms with Gasteiger partial charge in [0.25, 0.3) is 0 Å². The van der Waals surface area contributed by atoms with Crippen LogP contribution in [0.3, 0.4) is 0 Å². The molecule has 0 saturated carbocycles. The highest BCUT2D eigenvalue weighted by Gasteiger charge is 2.09. The Morgan fingerprint density at radius 3 is 2.70 bits per heavy atom. The standard InChI is InChI=1S/C18H21ClO4/c1-2-3-4-5-6-7-17(20)22-14-8-9-15-13(12-19)10-18(21)23-16(15)11-14/h8-11H,2-7,12H2,1H3. The fraction of sp³-hybridized carbons (Fsp3) is 0.444. The Balaban J connectivity index is 2.01. The van der Waals surface area contributed by atoms with E-state index >= 15 is 0 Å². The fourth-order valence-corrected chi connectivity index (χ4v) is 2.66. The largest absolute Gasteiger partial charge is 0.426 e. The molecule has 1 aromatic heterocycles. The minimum atomic E-state index is -0.465. The van der Waals surface area contributed by atoms with Gasteiger partial charge in [-0.2, -0.15) is 0 Å². The fourth-order valence-electron chi connectivity index (χ4n) is 2.44. The number of carbonyl (C=O) groups excluding carboxylic acids is 1. The number of ether oxygens (including phenoxy) is 1. The van der Waals surface area contributed by atoms with Crippen molar-refractivity contribution in [3.05, 3.63) is 40.2 Å². The number of halogens is 1. The SMILES string of the molecule is CCCCCCCC(=O)Oc1ccc2c(CCl)cc(=O)oc2c1. The van der Waals surface area contributed by atoms with Gasteiger partial charge >= 0.3 is 11.6 Å². The maximum Gasteiger partial charge on any atom is 0.336 e. The van der Waals surface area contributed by atoms with Crippen LogP contribution in [0, 0.1) is 0 Å². The zero-order valence-corrected chi connectivity index (χ0v) is 14.0. The van der Waals surface area contributed by atoms with E-state index in [9.17, 15) is 9.59 Å². The van der Waals surface area contributed by atoms with Gasteiger partial charge in [-0.1, -0.05) is 32.6 Å². The van der Waals surface area contributed by atoms with E-state index in [4.69, 9.17) is 20.8 Å². The second-order valence-corrected chi connectivity index (χ2v) is 5.79. The minimum Gasteiger partial charge on any atom is -0.426 e. The third-order valence-corrected chi connectivity index (χ3v) is 3.95. The molecule has 0 radical (unpaired) electrons. The summed E-state index contributed by atoms with van der Waals surface area (Å²) in [6.45, 7) is 2.15. The summed E-state index contributed by atoms with van der Waals surface area (Å²) < 4.78 is 10.5. The van der Waals surface area contributed by atoms with Gasteiger partial charge in [0, 0.05) is 29.8 Å². The molecule has 0 aliphatic carbocycles. The number of rotatable bonds is 8. The molecule has 1 aromatic carbocycles. The Morgan fingerprint density at radius 1 is 1.17 bits per heavy atom. The van der Waals surface area contributed by atoms with Crippen LogP contribution < -0.4 is 10.4 Å². The van der Waals surface area contributed by atoms with Crippen molar-refractivity contribution in [2.24, 2.45) is 0 Å². The number of hydrogen-bond donors (Lipinski definition) is 0. The van der Waals surface area contributed by atoms with Crippen molar-refractivity contribution in [3.63, 3.8) is 0 Å². The predicted octanol–water partition coefficient (Wildman–Crippen LogP) is 4.80. The lowest BCUT2D eigenvalue weighted by atomic mass is 10.1. The molecular weight excluding hydrogens is 316 g/mol. The van der Waals surface area contributed by atoms with E-state index in [-0.39, 0.29) is 11.8 Å². The Kier molecular flexibility index (Phi) is 6.66. The second kappa shape index (κ2) is 8.73. The highest BCUT2D eigenvalue weighted by atomic mass is 35.5. The Labute approximate surface area is 140 Å². The first kappa shape index (κ1) is 17.5. The van der Waals surface area contributed by atoms with E-state index in [2.05, 4.69) is 6.92 Å². The van der Waals surface area contributed by atoms with Gasteiger partial charge < -0.3 is 9.15 Å². The molecule has 124 valence electrons. The summed E-state index contributed by atoms with van der Waals surface area (Å²) in [6.07, 6.45) is 5.78. The third kappa shape index (κ3) is 5.10. The molecule has 0 N–H and O–H groups in total. The van der Waals surface area contributed by atoms with Crippen LogP contribution in [0.15, 0.2) is 33.5 Å². The summed E-state index contributed by atoms with van der Waals surface area (Å²) in [5.41, 5.74) is 0.612. The van der Waals surface area contributed by atoms with Crippen LogP contribution in [-0.4, -0.2) is 5.97 Å². The molecule has 2 aromatic rings. The lowest BCUT2D eigenvalue weighted by Crippen LogP contribution is -2.07. The number of unbranched alkanes of at least 4 members (excludes halogenated alkanes) is 4. The van der Waals surface area contributed by atoms with Gasteiger partial charge in [0.15, 0.2) is 0 Å². The number of esters is 1. The van der Waals surface area contributed by atoms with Crippen LogP contribution in [0.25, 0.3) is 11.0 Å². The van der Waals surface area contributed by atoms with Crippen LogP contribution in [0.2, 0.25) is 0 Å². The van der Waals surface area contributed by atoms with Gasteiger partial charge in [-0.15, -0.1) is 11.6 Å². The topological polar surface area (TPSA) is 56.5 Å². The summed E-state index contributed by atoms with van der Waals surface area (Å²) >= 11 is 5.83. The minimum absolute atomic E-state index is 0.221. The number of hydrogen-bond acceptors (Lipinski definition) is 4. The molecule has 0 amide bonds. The molecule has 0 fully saturated rings. The van der Waals surface area contributed by atoms with E-state index in [0.29, 0.717) is 23.3 Å². The zero-order chi connectivity index (χ0) is 16.7. The quantitative estimate of drug-likeness (QED) is 0.228. The molecule has 0 aliphatic heterocycles. The monoisotopic (exact) mass is 336 g/mol. The van der Waals surface area contributed by atoms with Crippen molar-refractivity contribution in [3.8, 4) is 5.75 Å². The molecule has 0 bridgehead atoms. The average Bonchev–Trinajstić information content (AvgIpc) is 2.53. The summed E-state index contributed by atoms with van der Waals surface area (Å²) in [5, 5.41) is 0.749. The summed E-state index contributed by atoms with van der Waals surface area (Å²) in [5.74, 6) is 0.335. The maximum atomic E-state index is 11.8. The molecule has 0 unspecified atom stereocenters. The van der Waals surface area contributed by atoms with Crippen molar-refractivity contribution in [1.82, 2.24) is 0 Å². The van der Waals surface area contributed by atoms with E-state index in [1.54, 1.807) is 18.2 Å². The van der Waals surface area contributed by atoms with Crippen LogP contribution in [0.1, 0.15) is 51.0 Å². The number of fused-ring (bicyclic) bond motifs is 1.